The van der Waals surface area contributed by atoms with Gasteiger partial charge < -0.3 is 14.2 Å². The first-order valence-corrected chi connectivity index (χ1v) is 18.3. The van der Waals surface area contributed by atoms with Crippen LogP contribution in [-0.2, 0) is 0 Å². The molecule has 10 rings (SSSR count). The summed E-state index contributed by atoms with van der Waals surface area (Å²) in [4.78, 5) is 4.64. The van der Waals surface area contributed by atoms with Crippen molar-refractivity contribution in [3.05, 3.63) is 194 Å². The van der Waals surface area contributed by atoms with E-state index in [1.165, 1.54) is 31.3 Å². The van der Waals surface area contributed by atoms with Crippen LogP contribution in [0.4, 0.5) is 34.1 Å². The van der Waals surface area contributed by atoms with Gasteiger partial charge in [-0.25, -0.2) is 0 Å². The molecule has 10 aromatic rings. The quantitative estimate of drug-likeness (QED) is 0.167. The summed E-state index contributed by atoms with van der Waals surface area (Å²) in [6.07, 6.45) is 0. The molecule has 0 saturated heterocycles. The first kappa shape index (κ1) is 30.2. The number of hydrogen-bond acceptors (Lipinski definition) is 4. The second-order valence-corrected chi connectivity index (χ2v) is 14.1. The Balaban J connectivity index is 1.09. The van der Waals surface area contributed by atoms with E-state index in [1.807, 2.05) is 11.3 Å². The molecule has 52 heavy (non-hydrogen) atoms. The summed E-state index contributed by atoms with van der Waals surface area (Å²) in [5.74, 6) is 0. The highest BCUT2D eigenvalue weighted by Crippen LogP contribution is 2.43. The van der Waals surface area contributed by atoms with Crippen molar-refractivity contribution in [2.24, 2.45) is 0 Å². The molecule has 0 aliphatic heterocycles. The summed E-state index contributed by atoms with van der Waals surface area (Å²) in [5, 5.41) is 4.72. The molecule has 0 aliphatic carbocycles. The van der Waals surface area contributed by atoms with Gasteiger partial charge in [0, 0.05) is 71.1 Å². The lowest BCUT2D eigenvalue weighted by Crippen LogP contribution is -2.09. The van der Waals surface area contributed by atoms with E-state index >= 15 is 0 Å². The third kappa shape index (κ3) is 5.29. The highest BCUT2D eigenvalue weighted by molar-refractivity contribution is 7.25. The Hall–Kier alpha value is -6.62. The Labute approximate surface area is 305 Å². The fourth-order valence-corrected chi connectivity index (χ4v) is 8.48. The van der Waals surface area contributed by atoms with Crippen molar-refractivity contribution in [2.45, 2.75) is 0 Å². The zero-order chi connectivity index (χ0) is 34.4. The fraction of sp³-hybridized carbons (Fsp3) is 0. The first-order valence-electron chi connectivity index (χ1n) is 17.5. The zero-order valence-electron chi connectivity index (χ0n) is 28.2. The topological polar surface area (TPSA) is 19.6 Å². The molecule has 246 valence electrons. The van der Waals surface area contributed by atoms with Crippen LogP contribution in [0.3, 0.4) is 0 Å². The lowest BCUT2D eigenvalue weighted by molar-refractivity contribution is 0.669. The van der Waals surface area contributed by atoms with E-state index in [0.29, 0.717) is 0 Å². The lowest BCUT2D eigenvalue weighted by atomic mass is 10.0. The second-order valence-electron chi connectivity index (χ2n) is 13.0. The largest absolute Gasteiger partial charge is 0.456 e. The van der Waals surface area contributed by atoms with Gasteiger partial charge in [0.2, 0.25) is 0 Å². The molecule has 0 radical (unpaired) electrons. The number of anilines is 6. The lowest BCUT2D eigenvalue weighted by Gasteiger charge is -2.26. The Bertz CT molecular complexity index is 2860. The fourth-order valence-electron chi connectivity index (χ4n) is 7.39. The molecule has 4 heteroatoms. The summed E-state index contributed by atoms with van der Waals surface area (Å²) in [6.45, 7) is 0. The van der Waals surface area contributed by atoms with Crippen LogP contribution in [0.2, 0.25) is 0 Å². The van der Waals surface area contributed by atoms with Gasteiger partial charge in [-0.1, -0.05) is 97.1 Å². The smallest absolute Gasteiger partial charge is 0.137 e. The first-order chi connectivity index (χ1) is 25.8. The molecular weight excluding hydrogens is 653 g/mol. The predicted octanol–water partition coefficient (Wildman–Crippen LogP) is 14.6. The Morgan fingerprint density at radius 2 is 0.846 bits per heavy atom. The van der Waals surface area contributed by atoms with E-state index in [4.69, 9.17) is 4.42 Å². The van der Waals surface area contributed by atoms with Gasteiger partial charge in [-0.3, -0.25) is 0 Å². The Morgan fingerprint density at radius 1 is 0.308 bits per heavy atom. The molecule has 0 spiro atoms. The van der Waals surface area contributed by atoms with Gasteiger partial charge in [-0.15, -0.1) is 11.3 Å². The van der Waals surface area contributed by atoms with Crippen LogP contribution in [0.15, 0.2) is 199 Å². The summed E-state index contributed by atoms with van der Waals surface area (Å²) in [5.41, 5.74) is 10.6. The number of fused-ring (bicyclic) bond motifs is 6. The number of hydrogen-bond donors (Lipinski definition) is 0. The molecule has 0 amide bonds. The summed E-state index contributed by atoms with van der Waals surface area (Å²) < 4.78 is 9.20. The normalized spacial score (nSPS) is 11.5. The highest BCUT2D eigenvalue weighted by atomic mass is 32.1. The van der Waals surface area contributed by atoms with E-state index in [9.17, 15) is 0 Å². The number of benzene rings is 8. The number of furan rings is 1. The van der Waals surface area contributed by atoms with Crippen LogP contribution in [0.25, 0.3) is 53.2 Å². The van der Waals surface area contributed by atoms with E-state index in [2.05, 4.69) is 204 Å². The van der Waals surface area contributed by atoms with Crippen molar-refractivity contribution < 1.29 is 4.42 Å². The van der Waals surface area contributed by atoms with Gasteiger partial charge in [0.25, 0.3) is 0 Å². The summed E-state index contributed by atoms with van der Waals surface area (Å²) in [7, 11) is 0. The number of thiophene rings is 1. The van der Waals surface area contributed by atoms with Crippen molar-refractivity contribution in [1.29, 1.82) is 0 Å². The van der Waals surface area contributed by atoms with Crippen LogP contribution in [0, 0.1) is 0 Å². The van der Waals surface area contributed by atoms with Gasteiger partial charge in [0.05, 0.1) is 0 Å². The Kier molecular flexibility index (Phi) is 7.33. The minimum Gasteiger partial charge on any atom is -0.456 e. The maximum absolute atomic E-state index is 6.61. The zero-order valence-corrected chi connectivity index (χ0v) is 29.0. The van der Waals surface area contributed by atoms with Crippen molar-refractivity contribution in [2.75, 3.05) is 9.80 Å². The van der Waals surface area contributed by atoms with Gasteiger partial charge in [-0.2, -0.15) is 0 Å². The third-order valence-electron chi connectivity index (χ3n) is 9.81. The standard InChI is InChI=1S/C48H32N2OS/c1-4-13-33(14-5-1)34-15-12-20-37(29-34)49(35-16-6-2-7-17-35)38-24-27-45-43(30-38)41-26-23-40(32-46(41)51-45)50(36-18-8-3-9-19-36)39-25-28-48-44(31-39)42-21-10-11-22-47(42)52-48/h1-32H. The van der Waals surface area contributed by atoms with E-state index < -0.39 is 0 Å². The summed E-state index contributed by atoms with van der Waals surface area (Å²) in [6, 6.07) is 69.0. The Morgan fingerprint density at radius 3 is 1.60 bits per heavy atom. The van der Waals surface area contributed by atoms with E-state index in [0.717, 1.165) is 56.1 Å². The van der Waals surface area contributed by atoms with Crippen molar-refractivity contribution in [3.63, 3.8) is 0 Å². The van der Waals surface area contributed by atoms with E-state index in [-0.39, 0.29) is 0 Å². The average Bonchev–Trinajstić information content (AvgIpc) is 3.77. The predicted molar refractivity (Wildman–Crippen MR) is 221 cm³/mol. The maximum atomic E-state index is 6.61. The molecule has 0 fully saturated rings. The number of para-hydroxylation sites is 2. The van der Waals surface area contributed by atoms with Crippen LogP contribution in [0.5, 0.6) is 0 Å². The second kappa shape index (κ2) is 12.6. The van der Waals surface area contributed by atoms with Gasteiger partial charge in [0.1, 0.15) is 11.2 Å². The molecule has 0 bridgehead atoms. The maximum Gasteiger partial charge on any atom is 0.137 e. The monoisotopic (exact) mass is 684 g/mol. The number of nitrogens with zero attached hydrogens (tertiary/aromatic N) is 2. The molecule has 2 aromatic heterocycles. The molecule has 8 aromatic carbocycles. The van der Waals surface area contributed by atoms with Crippen molar-refractivity contribution in [1.82, 2.24) is 0 Å². The summed E-state index contributed by atoms with van der Waals surface area (Å²) >= 11 is 1.84. The minimum absolute atomic E-state index is 0.852. The van der Waals surface area contributed by atoms with Crippen molar-refractivity contribution >= 4 is 87.6 Å². The van der Waals surface area contributed by atoms with Gasteiger partial charge in [-0.05, 0) is 102 Å². The minimum atomic E-state index is 0.852. The van der Waals surface area contributed by atoms with Crippen molar-refractivity contribution in [3.8, 4) is 11.1 Å². The van der Waals surface area contributed by atoms with Crippen LogP contribution < -0.4 is 9.80 Å². The van der Waals surface area contributed by atoms with Crippen LogP contribution >= 0.6 is 11.3 Å². The van der Waals surface area contributed by atoms with Crippen LogP contribution in [-0.4, -0.2) is 0 Å². The van der Waals surface area contributed by atoms with Gasteiger partial charge >= 0.3 is 0 Å². The molecule has 0 N–H and O–H groups in total. The van der Waals surface area contributed by atoms with Crippen LogP contribution in [0.1, 0.15) is 0 Å². The molecule has 3 nitrogen and oxygen atoms in total. The third-order valence-corrected chi connectivity index (χ3v) is 11.0. The van der Waals surface area contributed by atoms with Gasteiger partial charge in [0.15, 0.2) is 0 Å². The number of rotatable bonds is 7. The molecule has 0 atom stereocenters. The molecule has 0 aliphatic rings. The van der Waals surface area contributed by atoms with E-state index in [1.54, 1.807) is 0 Å². The SMILES string of the molecule is c1ccc(-c2cccc(N(c3ccccc3)c3ccc4oc5cc(N(c6ccccc6)c6ccc7sc8ccccc8c7c6)ccc5c4c3)c2)cc1. The average molecular weight is 685 g/mol. The molecule has 0 saturated carbocycles. The molecular formula is C48H32N2OS. The molecule has 0 unspecified atom stereocenters. The molecule has 2 heterocycles. The highest BCUT2D eigenvalue weighted by Gasteiger charge is 2.19.